The third-order valence-electron chi connectivity index (χ3n) is 3.47. The summed E-state index contributed by atoms with van der Waals surface area (Å²) in [4.78, 5) is 16.1. The molecule has 2 N–H and O–H groups in total. The number of carbonyl (C=O) groups is 1. The van der Waals surface area contributed by atoms with E-state index in [-0.39, 0.29) is 0 Å². The van der Waals surface area contributed by atoms with Crippen LogP contribution in [0.25, 0.3) is 22.2 Å². The largest absolute Gasteiger partial charge is 0.399 e. The number of pyridine rings is 1. The minimum absolute atomic E-state index is 0.643. The molecular weight excluding hydrogens is 248 g/mol. The van der Waals surface area contributed by atoms with Crippen LogP contribution in [0, 0.1) is 6.92 Å². The van der Waals surface area contributed by atoms with Crippen molar-refractivity contribution in [3.63, 3.8) is 0 Å². The molecule has 3 rings (SSSR count). The van der Waals surface area contributed by atoms with E-state index in [1.54, 1.807) is 12.1 Å². The SMILES string of the molecule is Cc1c(-c2ccccc2)nc2cc(N)ccc2c1C=O. The summed E-state index contributed by atoms with van der Waals surface area (Å²) in [7, 11) is 0. The molecule has 2 aromatic carbocycles. The normalized spacial score (nSPS) is 10.7. The van der Waals surface area contributed by atoms with Crippen LogP contribution >= 0.6 is 0 Å². The molecule has 3 nitrogen and oxygen atoms in total. The van der Waals surface area contributed by atoms with Crippen molar-refractivity contribution in [2.45, 2.75) is 6.92 Å². The predicted octanol–water partition coefficient (Wildman–Crippen LogP) is 3.60. The fourth-order valence-corrected chi connectivity index (χ4v) is 2.43. The molecule has 0 saturated carbocycles. The summed E-state index contributed by atoms with van der Waals surface area (Å²) in [5.74, 6) is 0. The number of fused-ring (bicyclic) bond motifs is 1. The van der Waals surface area contributed by atoms with Crippen LogP contribution in [0.3, 0.4) is 0 Å². The van der Waals surface area contributed by atoms with Gasteiger partial charge in [-0.15, -0.1) is 0 Å². The monoisotopic (exact) mass is 262 g/mol. The van der Waals surface area contributed by atoms with Gasteiger partial charge in [0.05, 0.1) is 11.2 Å². The molecule has 3 heteroatoms. The Labute approximate surface area is 117 Å². The summed E-state index contributed by atoms with van der Waals surface area (Å²) in [5.41, 5.74) is 10.6. The van der Waals surface area contributed by atoms with Crippen molar-refractivity contribution in [2.24, 2.45) is 0 Å². The molecule has 0 bridgehead atoms. The molecule has 0 radical (unpaired) electrons. The Morgan fingerprint density at radius 2 is 1.85 bits per heavy atom. The first-order chi connectivity index (χ1) is 9.70. The van der Waals surface area contributed by atoms with E-state index in [1.165, 1.54) is 0 Å². The number of benzene rings is 2. The molecule has 20 heavy (non-hydrogen) atoms. The quantitative estimate of drug-likeness (QED) is 0.567. The van der Waals surface area contributed by atoms with E-state index in [4.69, 9.17) is 5.73 Å². The first kappa shape index (κ1) is 12.4. The molecule has 1 heterocycles. The highest BCUT2D eigenvalue weighted by Gasteiger charge is 2.12. The summed E-state index contributed by atoms with van der Waals surface area (Å²) in [6.07, 6.45) is 0.891. The van der Waals surface area contributed by atoms with Crippen LogP contribution in [0.5, 0.6) is 0 Å². The number of nitrogens with zero attached hydrogens (tertiary/aromatic N) is 1. The van der Waals surface area contributed by atoms with Crippen LogP contribution in [-0.4, -0.2) is 11.3 Å². The Balaban J connectivity index is 2.39. The highest BCUT2D eigenvalue weighted by Crippen LogP contribution is 2.29. The van der Waals surface area contributed by atoms with Gasteiger partial charge in [-0.05, 0) is 24.6 Å². The van der Waals surface area contributed by atoms with Gasteiger partial charge >= 0.3 is 0 Å². The lowest BCUT2D eigenvalue weighted by Gasteiger charge is -2.11. The molecule has 0 fully saturated rings. The fraction of sp³-hybridized carbons (Fsp3) is 0.0588. The molecule has 0 aliphatic carbocycles. The van der Waals surface area contributed by atoms with Crippen molar-refractivity contribution in [3.8, 4) is 11.3 Å². The summed E-state index contributed by atoms with van der Waals surface area (Å²) in [6, 6.07) is 15.3. The number of nitrogen functional groups attached to an aromatic ring is 1. The number of hydrogen-bond donors (Lipinski definition) is 1. The number of anilines is 1. The summed E-state index contributed by atoms with van der Waals surface area (Å²) in [6.45, 7) is 1.93. The highest BCUT2D eigenvalue weighted by molar-refractivity contribution is 6.01. The topological polar surface area (TPSA) is 56.0 Å². The van der Waals surface area contributed by atoms with Crippen molar-refractivity contribution >= 4 is 22.9 Å². The first-order valence-corrected chi connectivity index (χ1v) is 6.41. The highest BCUT2D eigenvalue weighted by atomic mass is 16.1. The lowest BCUT2D eigenvalue weighted by atomic mass is 9.98. The molecule has 0 aliphatic heterocycles. The molecule has 3 aromatic rings. The second kappa shape index (κ2) is 4.78. The lowest BCUT2D eigenvalue weighted by molar-refractivity contribution is 0.112. The third-order valence-corrected chi connectivity index (χ3v) is 3.47. The maximum Gasteiger partial charge on any atom is 0.151 e. The Morgan fingerprint density at radius 3 is 2.55 bits per heavy atom. The Kier molecular flexibility index (Phi) is 2.95. The van der Waals surface area contributed by atoms with Gasteiger partial charge < -0.3 is 5.73 Å². The van der Waals surface area contributed by atoms with Gasteiger partial charge in [0.1, 0.15) is 0 Å². The minimum atomic E-state index is 0.643. The summed E-state index contributed by atoms with van der Waals surface area (Å²) in [5, 5.41) is 0.839. The van der Waals surface area contributed by atoms with Crippen LogP contribution < -0.4 is 5.73 Å². The standard InChI is InChI=1S/C17H14N2O/c1-11-15(10-20)14-8-7-13(18)9-16(14)19-17(11)12-5-3-2-4-6-12/h2-10H,18H2,1H3. The minimum Gasteiger partial charge on any atom is -0.399 e. The Bertz CT molecular complexity index is 795. The maximum absolute atomic E-state index is 11.5. The number of aromatic nitrogens is 1. The molecule has 98 valence electrons. The predicted molar refractivity (Wildman–Crippen MR) is 81.7 cm³/mol. The van der Waals surface area contributed by atoms with E-state index in [1.807, 2.05) is 43.3 Å². The Morgan fingerprint density at radius 1 is 1.10 bits per heavy atom. The third kappa shape index (κ3) is 1.93. The van der Waals surface area contributed by atoms with Gasteiger partial charge in [0, 0.05) is 22.2 Å². The van der Waals surface area contributed by atoms with Gasteiger partial charge in [0.25, 0.3) is 0 Å². The van der Waals surface area contributed by atoms with Crippen LogP contribution in [0.2, 0.25) is 0 Å². The van der Waals surface area contributed by atoms with E-state index in [2.05, 4.69) is 4.98 Å². The van der Waals surface area contributed by atoms with Gasteiger partial charge in [0.2, 0.25) is 0 Å². The average Bonchev–Trinajstić information content (AvgIpc) is 2.48. The van der Waals surface area contributed by atoms with Crippen LogP contribution in [-0.2, 0) is 0 Å². The van der Waals surface area contributed by atoms with Gasteiger partial charge in [-0.2, -0.15) is 0 Å². The Hall–Kier alpha value is -2.68. The van der Waals surface area contributed by atoms with E-state index < -0.39 is 0 Å². The summed E-state index contributed by atoms with van der Waals surface area (Å²) >= 11 is 0. The number of hydrogen-bond acceptors (Lipinski definition) is 3. The number of carbonyl (C=O) groups excluding carboxylic acids is 1. The number of nitrogens with two attached hydrogens (primary N) is 1. The van der Waals surface area contributed by atoms with E-state index in [0.717, 1.165) is 34.0 Å². The van der Waals surface area contributed by atoms with Crippen molar-refractivity contribution < 1.29 is 4.79 Å². The van der Waals surface area contributed by atoms with Crippen molar-refractivity contribution in [2.75, 3.05) is 5.73 Å². The van der Waals surface area contributed by atoms with Gasteiger partial charge in [-0.25, -0.2) is 4.98 Å². The second-order valence-electron chi connectivity index (χ2n) is 4.76. The van der Waals surface area contributed by atoms with E-state index >= 15 is 0 Å². The molecule has 0 amide bonds. The zero-order valence-corrected chi connectivity index (χ0v) is 11.1. The summed E-state index contributed by atoms with van der Waals surface area (Å²) < 4.78 is 0. The molecule has 0 aliphatic rings. The smallest absolute Gasteiger partial charge is 0.151 e. The number of rotatable bonds is 2. The maximum atomic E-state index is 11.5. The van der Waals surface area contributed by atoms with Gasteiger partial charge in [-0.3, -0.25) is 4.79 Å². The van der Waals surface area contributed by atoms with E-state index in [0.29, 0.717) is 11.3 Å². The van der Waals surface area contributed by atoms with Gasteiger partial charge in [-0.1, -0.05) is 36.4 Å². The van der Waals surface area contributed by atoms with Crippen LogP contribution in [0.1, 0.15) is 15.9 Å². The molecular formula is C17H14N2O. The lowest BCUT2D eigenvalue weighted by Crippen LogP contribution is -1.98. The zero-order valence-electron chi connectivity index (χ0n) is 11.1. The molecule has 1 aromatic heterocycles. The molecule has 0 atom stereocenters. The average molecular weight is 262 g/mol. The van der Waals surface area contributed by atoms with Crippen LogP contribution in [0.15, 0.2) is 48.5 Å². The first-order valence-electron chi connectivity index (χ1n) is 6.41. The molecule has 0 unspecified atom stereocenters. The van der Waals surface area contributed by atoms with Crippen molar-refractivity contribution in [1.82, 2.24) is 4.98 Å². The van der Waals surface area contributed by atoms with Crippen molar-refractivity contribution in [3.05, 3.63) is 59.7 Å². The van der Waals surface area contributed by atoms with E-state index in [9.17, 15) is 4.79 Å². The molecule has 0 spiro atoms. The van der Waals surface area contributed by atoms with Gasteiger partial charge in [0.15, 0.2) is 6.29 Å². The fourth-order valence-electron chi connectivity index (χ4n) is 2.43. The van der Waals surface area contributed by atoms with Crippen molar-refractivity contribution in [1.29, 1.82) is 0 Å². The number of aldehydes is 1. The van der Waals surface area contributed by atoms with Crippen LogP contribution in [0.4, 0.5) is 5.69 Å². The molecule has 0 saturated heterocycles. The zero-order chi connectivity index (χ0) is 14.1. The second-order valence-corrected chi connectivity index (χ2v) is 4.76.